The van der Waals surface area contributed by atoms with Crippen LogP contribution in [0.5, 0.6) is 0 Å². The van der Waals surface area contributed by atoms with Crippen molar-refractivity contribution >= 4 is 0 Å². The Hall–Kier alpha value is -0.860. The highest BCUT2D eigenvalue weighted by molar-refractivity contribution is 5.38. The highest BCUT2D eigenvalue weighted by Crippen LogP contribution is 2.41. The first-order valence-corrected chi connectivity index (χ1v) is 7.25. The number of rotatable bonds is 3. The van der Waals surface area contributed by atoms with Gasteiger partial charge in [-0.05, 0) is 56.4 Å². The molecule has 0 spiro atoms. The molecule has 1 aromatic carbocycles. The molecule has 1 fully saturated rings. The number of aliphatic hydroxyl groups excluding tert-OH is 1. The van der Waals surface area contributed by atoms with Crippen molar-refractivity contribution in [1.82, 2.24) is 5.32 Å². The average Bonchev–Trinajstić information content (AvgIpc) is 2.33. The monoisotopic (exact) mass is 261 g/mol. The summed E-state index contributed by atoms with van der Waals surface area (Å²) in [6.45, 7) is 13.0. The van der Waals surface area contributed by atoms with Crippen LogP contribution >= 0.6 is 0 Å². The van der Waals surface area contributed by atoms with Crippen LogP contribution in [0.3, 0.4) is 0 Å². The summed E-state index contributed by atoms with van der Waals surface area (Å²) in [6.07, 6.45) is 0.694. The van der Waals surface area contributed by atoms with Gasteiger partial charge in [-0.3, -0.25) is 0 Å². The Balaban J connectivity index is 2.13. The molecule has 2 heteroatoms. The lowest BCUT2D eigenvalue weighted by Crippen LogP contribution is -2.60. The van der Waals surface area contributed by atoms with Gasteiger partial charge in [0.25, 0.3) is 0 Å². The Morgan fingerprint density at radius 3 is 2.26 bits per heavy atom. The molecule has 2 N–H and O–H groups in total. The van der Waals surface area contributed by atoms with Crippen molar-refractivity contribution < 1.29 is 5.11 Å². The van der Waals surface area contributed by atoms with Gasteiger partial charge in [-0.15, -0.1) is 0 Å². The van der Waals surface area contributed by atoms with E-state index in [1.807, 2.05) is 0 Å². The quantitative estimate of drug-likeness (QED) is 0.874. The third-order valence-corrected chi connectivity index (χ3v) is 5.02. The lowest BCUT2D eigenvalue weighted by Gasteiger charge is -2.50. The maximum atomic E-state index is 9.82. The Labute approximate surface area is 117 Å². The molecule has 0 bridgehead atoms. The van der Waals surface area contributed by atoms with Gasteiger partial charge in [0, 0.05) is 17.5 Å². The summed E-state index contributed by atoms with van der Waals surface area (Å²) in [5, 5.41) is 13.5. The van der Waals surface area contributed by atoms with Gasteiger partial charge in [-0.25, -0.2) is 0 Å². The normalized spacial score (nSPS) is 26.9. The molecule has 0 radical (unpaired) electrons. The van der Waals surface area contributed by atoms with E-state index in [0.29, 0.717) is 12.1 Å². The van der Waals surface area contributed by atoms with Crippen LogP contribution < -0.4 is 5.32 Å². The maximum Gasteiger partial charge on any atom is 0.0621 e. The smallest absolute Gasteiger partial charge is 0.0621 e. The first-order chi connectivity index (χ1) is 8.73. The van der Waals surface area contributed by atoms with Crippen LogP contribution in [0.25, 0.3) is 0 Å². The first kappa shape index (κ1) is 14.5. The van der Waals surface area contributed by atoms with Crippen molar-refractivity contribution in [3.63, 3.8) is 0 Å². The fraction of sp³-hybridized carbons (Fsp3) is 0.647. The second-order valence-electron chi connectivity index (χ2n) is 6.81. The summed E-state index contributed by atoms with van der Waals surface area (Å²) in [7, 11) is 0. The van der Waals surface area contributed by atoms with Crippen LogP contribution in [0.15, 0.2) is 12.1 Å². The van der Waals surface area contributed by atoms with Crippen molar-refractivity contribution in [1.29, 1.82) is 0 Å². The van der Waals surface area contributed by atoms with Gasteiger partial charge in [0.2, 0.25) is 0 Å². The standard InChI is InChI=1S/C17H27NO/c1-10-7-12(3)14(8-11(10)2)13(4)18-15-9-16(19)17(15,5)6/h7-8,13,15-16,18-19H,9H2,1-6H3. The Morgan fingerprint density at radius 1 is 1.16 bits per heavy atom. The van der Waals surface area contributed by atoms with Gasteiger partial charge >= 0.3 is 0 Å². The molecule has 0 saturated heterocycles. The second kappa shape index (κ2) is 4.92. The molecule has 0 aromatic heterocycles. The summed E-state index contributed by atoms with van der Waals surface area (Å²) in [6, 6.07) is 5.29. The number of aryl methyl sites for hydroxylation is 3. The minimum absolute atomic E-state index is 0.0120. The first-order valence-electron chi connectivity index (χ1n) is 7.25. The zero-order chi connectivity index (χ0) is 14.4. The third kappa shape index (κ3) is 2.56. The molecule has 3 atom stereocenters. The van der Waals surface area contributed by atoms with Crippen LogP contribution in [0.1, 0.15) is 55.5 Å². The van der Waals surface area contributed by atoms with Crippen molar-refractivity contribution in [2.45, 2.75) is 66.2 Å². The molecule has 1 aliphatic rings. The fourth-order valence-corrected chi connectivity index (χ4v) is 3.03. The van der Waals surface area contributed by atoms with Gasteiger partial charge in [-0.1, -0.05) is 26.0 Å². The van der Waals surface area contributed by atoms with Gasteiger partial charge in [0.15, 0.2) is 0 Å². The van der Waals surface area contributed by atoms with Crippen molar-refractivity contribution in [2.75, 3.05) is 0 Å². The molecule has 1 aromatic rings. The predicted octanol–water partition coefficient (Wildman–Crippen LogP) is 3.42. The number of aliphatic hydroxyl groups is 1. The number of nitrogens with one attached hydrogen (secondary N) is 1. The van der Waals surface area contributed by atoms with E-state index in [2.05, 4.69) is 59.0 Å². The predicted molar refractivity (Wildman–Crippen MR) is 80.4 cm³/mol. The number of hydrogen-bond acceptors (Lipinski definition) is 2. The fourth-order valence-electron chi connectivity index (χ4n) is 3.03. The van der Waals surface area contributed by atoms with Crippen LogP contribution in [0.4, 0.5) is 0 Å². The Kier molecular flexibility index (Phi) is 3.76. The van der Waals surface area contributed by atoms with Crippen LogP contribution in [-0.4, -0.2) is 17.3 Å². The molecule has 0 amide bonds. The summed E-state index contributed by atoms with van der Waals surface area (Å²) in [5.41, 5.74) is 5.41. The molecule has 0 aliphatic heterocycles. The largest absolute Gasteiger partial charge is 0.392 e. The van der Waals surface area contributed by atoms with E-state index in [4.69, 9.17) is 0 Å². The highest BCUT2D eigenvalue weighted by atomic mass is 16.3. The second-order valence-corrected chi connectivity index (χ2v) is 6.81. The van der Waals surface area contributed by atoms with Crippen LogP contribution in [0.2, 0.25) is 0 Å². The van der Waals surface area contributed by atoms with Crippen molar-refractivity contribution in [3.8, 4) is 0 Å². The lowest BCUT2D eigenvalue weighted by molar-refractivity contribution is -0.0755. The van der Waals surface area contributed by atoms with E-state index >= 15 is 0 Å². The summed E-state index contributed by atoms with van der Waals surface area (Å²) >= 11 is 0. The van der Waals surface area contributed by atoms with Crippen LogP contribution in [0, 0.1) is 26.2 Å². The molecule has 0 heterocycles. The molecule has 1 saturated carbocycles. The summed E-state index contributed by atoms with van der Waals surface area (Å²) < 4.78 is 0. The lowest BCUT2D eigenvalue weighted by atomic mass is 9.64. The number of benzene rings is 1. The molecular formula is C17H27NO. The molecule has 106 valence electrons. The van der Waals surface area contributed by atoms with Gasteiger partial charge in [0.1, 0.15) is 0 Å². The molecule has 2 nitrogen and oxygen atoms in total. The number of hydrogen-bond donors (Lipinski definition) is 2. The SMILES string of the molecule is Cc1cc(C)c(C(C)NC2CC(O)C2(C)C)cc1C. The summed E-state index contributed by atoms with van der Waals surface area (Å²) in [4.78, 5) is 0. The van der Waals surface area contributed by atoms with E-state index in [0.717, 1.165) is 6.42 Å². The molecule has 3 unspecified atom stereocenters. The third-order valence-electron chi connectivity index (χ3n) is 5.02. The van der Waals surface area contributed by atoms with Gasteiger partial charge in [-0.2, -0.15) is 0 Å². The van der Waals surface area contributed by atoms with Crippen molar-refractivity contribution in [2.24, 2.45) is 5.41 Å². The Morgan fingerprint density at radius 2 is 1.74 bits per heavy atom. The minimum Gasteiger partial charge on any atom is -0.392 e. The van der Waals surface area contributed by atoms with Gasteiger partial charge in [0.05, 0.1) is 6.10 Å². The van der Waals surface area contributed by atoms with E-state index in [-0.39, 0.29) is 11.5 Å². The van der Waals surface area contributed by atoms with Crippen molar-refractivity contribution in [3.05, 3.63) is 34.4 Å². The highest BCUT2D eigenvalue weighted by Gasteiger charge is 2.47. The Bertz CT molecular complexity index is 478. The van der Waals surface area contributed by atoms with Crippen LogP contribution in [-0.2, 0) is 0 Å². The molecule has 19 heavy (non-hydrogen) atoms. The molecule has 2 rings (SSSR count). The zero-order valence-electron chi connectivity index (χ0n) is 13.0. The average molecular weight is 261 g/mol. The van der Waals surface area contributed by atoms with E-state index in [9.17, 15) is 5.11 Å². The topological polar surface area (TPSA) is 32.3 Å². The minimum atomic E-state index is -0.168. The summed E-state index contributed by atoms with van der Waals surface area (Å²) in [5.74, 6) is 0. The van der Waals surface area contributed by atoms with E-state index in [1.165, 1.54) is 22.3 Å². The maximum absolute atomic E-state index is 9.82. The van der Waals surface area contributed by atoms with E-state index < -0.39 is 0 Å². The molecule has 1 aliphatic carbocycles. The molecular weight excluding hydrogens is 234 g/mol. The van der Waals surface area contributed by atoms with E-state index in [1.54, 1.807) is 0 Å². The zero-order valence-corrected chi connectivity index (χ0v) is 13.0. The van der Waals surface area contributed by atoms with Gasteiger partial charge < -0.3 is 10.4 Å².